The van der Waals surface area contributed by atoms with Crippen molar-refractivity contribution in [2.75, 3.05) is 5.73 Å². The van der Waals surface area contributed by atoms with Gasteiger partial charge in [-0.2, -0.15) is 10.4 Å². The van der Waals surface area contributed by atoms with E-state index in [1.54, 1.807) is 4.68 Å². The van der Waals surface area contributed by atoms with Gasteiger partial charge in [0.1, 0.15) is 17.5 Å². The summed E-state index contributed by atoms with van der Waals surface area (Å²) in [6, 6.07) is 6.39. The molecule has 0 saturated heterocycles. The number of rotatable bonds is 3. The molecule has 1 aromatic heterocycles. The van der Waals surface area contributed by atoms with Gasteiger partial charge >= 0.3 is 0 Å². The van der Waals surface area contributed by atoms with Crippen molar-refractivity contribution in [2.45, 2.75) is 40.5 Å². The second kappa shape index (κ2) is 5.38. The lowest BCUT2D eigenvalue weighted by atomic mass is 10.1. The number of nitrogens with two attached hydrogens (primary N) is 1. The van der Waals surface area contributed by atoms with Crippen molar-refractivity contribution in [3.63, 3.8) is 0 Å². The molecule has 104 valence electrons. The van der Waals surface area contributed by atoms with E-state index in [4.69, 9.17) is 5.73 Å². The Morgan fingerprint density at radius 1 is 1.25 bits per heavy atom. The van der Waals surface area contributed by atoms with Gasteiger partial charge < -0.3 is 5.73 Å². The van der Waals surface area contributed by atoms with Crippen molar-refractivity contribution in [3.8, 4) is 11.8 Å². The molecule has 0 aliphatic carbocycles. The molecule has 0 atom stereocenters. The third kappa shape index (κ3) is 2.27. The lowest BCUT2D eigenvalue weighted by Crippen LogP contribution is -2.07. The zero-order chi connectivity index (χ0) is 14.9. The molecule has 0 spiro atoms. The lowest BCUT2D eigenvalue weighted by molar-refractivity contribution is 0.803. The van der Waals surface area contributed by atoms with Crippen LogP contribution in [0.25, 0.3) is 5.69 Å². The highest BCUT2D eigenvalue weighted by Gasteiger charge is 2.18. The van der Waals surface area contributed by atoms with Crippen molar-refractivity contribution in [2.24, 2.45) is 0 Å². The summed E-state index contributed by atoms with van der Waals surface area (Å²) in [5.74, 6) is 0.436. The quantitative estimate of drug-likeness (QED) is 0.929. The molecule has 0 fully saturated rings. The molecule has 2 rings (SSSR count). The summed E-state index contributed by atoms with van der Waals surface area (Å²) in [6.45, 7) is 8.22. The Labute approximate surface area is 119 Å². The fourth-order valence-corrected chi connectivity index (χ4v) is 2.69. The SMILES string of the molecule is CCCc1nn(-c2c(C)cc(C)cc2C)c(N)c1C#N. The van der Waals surface area contributed by atoms with Gasteiger partial charge in [-0.15, -0.1) is 0 Å². The lowest BCUT2D eigenvalue weighted by Gasteiger charge is -2.12. The number of benzene rings is 1. The minimum atomic E-state index is 0.436. The van der Waals surface area contributed by atoms with E-state index in [0.717, 1.165) is 35.3 Å². The summed E-state index contributed by atoms with van der Waals surface area (Å²) in [4.78, 5) is 0. The average molecular weight is 268 g/mol. The van der Waals surface area contributed by atoms with E-state index in [1.165, 1.54) is 5.56 Å². The summed E-state index contributed by atoms with van der Waals surface area (Å²) in [7, 11) is 0. The van der Waals surface area contributed by atoms with Crippen molar-refractivity contribution in [3.05, 3.63) is 40.1 Å². The molecule has 0 aliphatic rings. The fraction of sp³-hybridized carbons (Fsp3) is 0.375. The Morgan fingerprint density at radius 3 is 2.35 bits per heavy atom. The van der Waals surface area contributed by atoms with Gasteiger partial charge in [-0.1, -0.05) is 31.0 Å². The van der Waals surface area contributed by atoms with Crippen molar-refractivity contribution in [1.82, 2.24) is 9.78 Å². The first-order chi connectivity index (χ1) is 9.49. The van der Waals surface area contributed by atoms with Gasteiger partial charge in [0.25, 0.3) is 0 Å². The van der Waals surface area contributed by atoms with E-state index in [9.17, 15) is 5.26 Å². The molecule has 0 bridgehead atoms. The van der Waals surface area contributed by atoms with Gasteiger partial charge in [-0.25, -0.2) is 4.68 Å². The summed E-state index contributed by atoms with van der Waals surface area (Å²) < 4.78 is 1.72. The van der Waals surface area contributed by atoms with E-state index in [-0.39, 0.29) is 0 Å². The Bertz CT molecular complexity index is 666. The van der Waals surface area contributed by atoms with Crippen molar-refractivity contribution >= 4 is 5.82 Å². The molecule has 0 saturated carbocycles. The summed E-state index contributed by atoms with van der Waals surface area (Å²) in [6.07, 6.45) is 1.71. The van der Waals surface area contributed by atoms with Crippen LogP contribution in [0, 0.1) is 32.1 Å². The van der Waals surface area contributed by atoms with Gasteiger partial charge in [-0.3, -0.25) is 0 Å². The van der Waals surface area contributed by atoms with Crippen LogP contribution in [0.1, 0.15) is 41.3 Å². The van der Waals surface area contributed by atoms with Crippen LogP contribution in [0.4, 0.5) is 5.82 Å². The van der Waals surface area contributed by atoms with Crippen LogP contribution in [0.2, 0.25) is 0 Å². The molecule has 1 heterocycles. The first-order valence-corrected chi connectivity index (χ1v) is 6.85. The van der Waals surface area contributed by atoms with Crippen LogP contribution in [0.5, 0.6) is 0 Å². The molecule has 0 aliphatic heterocycles. The first-order valence-electron chi connectivity index (χ1n) is 6.85. The van der Waals surface area contributed by atoms with E-state index >= 15 is 0 Å². The molecule has 2 N–H and O–H groups in total. The third-order valence-corrected chi connectivity index (χ3v) is 3.44. The number of nitrogen functional groups attached to an aromatic ring is 1. The molecule has 4 heteroatoms. The van der Waals surface area contributed by atoms with Gasteiger partial charge in [-0.05, 0) is 38.3 Å². The summed E-state index contributed by atoms with van der Waals surface area (Å²) in [5.41, 5.74) is 11.8. The molecule has 0 radical (unpaired) electrons. The monoisotopic (exact) mass is 268 g/mol. The van der Waals surface area contributed by atoms with Crippen LogP contribution in [0.15, 0.2) is 12.1 Å². The minimum Gasteiger partial charge on any atom is -0.382 e. The molecule has 2 aromatic rings. The second-order valence-electron chi connectivity index (χ2n) is 5.23. The number of anilines is 1. The number of aromatic nitrogens is 2. The number of aryl methyl sites for hydroxylation is 4. The standard InChI is InChI=1S/C16H20N4/c1-5-6-14-13(9-17)16(18)20(19-14)15-11(3)7-10(2)8-12(15)4/h7-8H,5-6,18H2,1-4H3. The Morgan fingerprint density at radius 2 is 1.85 bits per heavy atom. The van der Waals surface area contributed by atoms with E-state index in [1.807, 2.05) is 13.8 Å². The summed E-state index contributed by atoms with van der Waals surface area (Å²) in [5, 5.41) is 13.8. The first kappa shape index (κ1) is 14.1. The van der Waals surface area contributed by atoms with Crippen LogP contribution in [-0.2, 0) is 6.42 Å². The van der Waals surface area contributed by atoms with Crippen LogP contribution in [-0.4, -0.2) is 9.78 Å². The molecule has 1 aromatic carbocycles. The number of nitriles is 1. The second-order valence-corrected chi connectivity index (χ2v) is 5.23. The zero-order valence-corrected chi connectivity index (χ0v) is 12.5. The fourth-order valence-electron chi connectivity index (χ4n) is 2.69. The number of nitrogens with zero attached hydrogens (tertiary/aromatic N) is 3. The van der Waals surface area contributed by atoms with Crippen molar-refractivity contribution in [1.29, 1.82) is 5.26 Å². The van der Waals surface area contributed by atoms with Crippen LogP contribution < -0.4 is 5.73 Å². The zero-order valence-electron chi connectivity index (χ0n) is 12.5. The largest absolute Gasteiger partial charge is 0.382 e. The minimum absolute atomic E-state index is 0.436. The molecular weight excluding hydrogens is 248 g/mol. The summed E-state index contributed by atoms with van der Waals surface area (Å²) >= 11 is 0. The van der Waals surface area contributed by atoms with E-state index < -0.39 is 0 Å². The molecule has 0 amide bonds. The normalized spacial score (nSPS) is 10.6. The van der Waals surface area contributed by atoms with Crippen LogP contribution in [0.3, 0.4) is 0 Å². The molecular formula is C16H20N4. The highest BCUT2D eigenvalue weighted by Crippen LogP contribution is 2.26. The molecule has 0 unspecified atom stereocenters. The maximum atomic E-state index is 9.29. The van der Waals surface area contributed by atoms with Crippen molar-refractivity contribution < 1.29 is 0 Å². The third-order valence-electron chi connectivity index (χ3n) is 3.44. The number of hydrogen-bond acceptors (Lipinski definition) is 3. The highest BCUT2D eigenvalue weighted by molar-refractivity contribution is 5.60. The maximum absolute atomic E-state index is 9.29. The Balaban J connectivity index is 2.69. The smallest absolute Gasteiger partial charge is 0.145 e. The maximum Gasteiger partial charge on any atom is 0.145 e. The Kier molecular flexibility index (Phi) is 3.80. The predicted molar refractivity (Wildman–Crippen MR) is 80.9 cm³/mol. The predicted octanol–water partition coefficient (Wildman–Crippen LogP) is 3.20. The van der Waals surface area contributed by atoms with E-state index in [0.29, 0.717) is 11.4 Å². The van der Waals surface area contributed by atoms with Gasteiger partial charge in [0.05, 0.1) is 11.4 Å². The van der Waals surface area contributed by atoms with Gasteiger partial charge in [0.15, 0.2) is 0 Å². The average Bonchev–Trinajstić information content (AvgIpc) is 2.65. The molecule has 4 nitrogen and oxygen atoms in total. The highest BCUT2D eigenvalue weighted by atomic mass is 15.3. The topological polar surface area (TPSA) is 67.6 Å². The van der Waals surface area contributed by atoms with Gasteiger partial charge in [0.2, 0.25) is 0 Å². The van der Waals surface area contributed by atoms with Crippen LogP contribution >= 0.6 is 0 Å². The van der Waals surface area contributed by atoms with Gasteiger partial charge in [0, 0.05) is 0 Å². The molecule has 20 heavy (non-hydrogen) atoms. The Hall–Kier alpha value is -2.28. The van der Waals surface area contributed by atoms with E-state index in [2.05, 4.69) is 37.1 Å². The number of hydrogen-bond donors (Lipinski definition) is 1.